The zero-order valence-corrected chi connectivity index (χ0v) is 11.1. The molecule has 3 nitrogen and oxygen atoms in total. The van der Waals surface area contributed by atoms with Gasteiger partial charge >= 0.3 is 7.94 Å². The molecule has 0 aromatic heterocycles. The highest BCUT2D eigenvalue weighted by molar-refractivity contribution is 7.61. The Bertz CT molecular complexity index is 431. The Morgan fingerprint density at radius 2 is 1.22 bits per heavy atom. The molecule has 2 aromatic carbocycles. The van der Waals surface area contributed by atoms with Crippen molar-refractivity contribution < 1.29 is 13.9 Å². The average molecular weight is 263 g/mol. The van der Waals surface area contributed by atoms with Crippen molar-refractivity contribution in [3.63, 3.8) is 0 Å². The molecule has 0 spiro atoms. The van der Waals surface area contributed by atoms with Crippen molar-refractivity contribution in [1.82, 2.24) is 0 Å². The summed E-state index contributed by atoms with van der Waals surface area (Å²) in [6.45, 7) is 1.85. The molecule has 1 N–H and O–H groups in total. The molecule has 0 heterocycles. The van der Waals surface area contributed by atoms with Gasteiger partial charge in [0.05, 0.1) is 0 Å². The van der Waals surface area contributed by atoms with Crippen molar-refractivity contribution in [3.8, 4) is 11.5 Å². The normalized spacial score (nSPS) is 11.0. The molecule has 2 rings (SSSR count). The van der Waals surface area contributed by atoms with E-state index in [0.717, 1.165) is 0 Å². The highest BCUT2D eigenvalue weighted by Gasteiger charge is 2.41. The zero-order valence-electron chi connectivity index (χ0n) is 10.2. The van der Waals surface area contributed by atoms with Gasteiger partial charge in [-0.2, -0.15) is 4.89 Å². The summed E-state index contributed by atoms with van der Waals surface area (Å²) in [6, 6.07) is 18.4. The van der Waals surface area contributed by atoms with Crippen LogP contribution in [0.2, 0.25) is 0 Å². The number of rotatable bonds is 5. The van der Waals surface area contributed by atoms with Crippen LogP contribution in [0.3, 0.4) is 0 Å². The van der Waals surface area contributed by atoms with Gasteiger partial charge in [0.1, 0.15) is 0 Å². The van der Waals surface area contributed by atoms with Crippen molar-refractivity contribution in [2.75, 3.05) is 6.16 Å². The molecule has 94 valence electrons. The maximum absolute atomic E-state index is 10.4. The van der Waals surface area contributed by atoms with Crippen LogP contribution in [-0.2, 0) is 0 Å². The Balaban J connectivity index is 2.11. The summed E-state index contributed by atoms with van der Waals surface area (Å²) in [5.41, 5.74) is 0. The molecule has 4 heteroatoms. The minimum Gasteiger partial charge on any atom is -0.278 e. The zero-order chi connectivity index (χ0) is 12.8. The van der Waals surface area contributed by atoms with Gasteiger partial charge in [-0.05, 0) is 31.2 Å². The molecule has 0 aliphatic carbocycles. The van der Waals surface area contributed by atoms with Gasteiger partial charge < -0.3 is 0 Å². The van der Waals surface area contributed by atoms with Gasteiger partial charge in [0.2, 0.25) is 0 Å². The molecule has 0 aliphatic heterocycles. The lowest BCUT2D eigenvalue weighted by Gasteiger charge is -2.16. The monoisotopic (exact) mass is 263 g/mol. The van der Waals surface area contributed by atoms with Crippen molar-refractivity contribution in [1.29, 1.82) is 0 Å². The fourth-order valence-electron chi connectivity index (χ4n) is 1.44. The van der Waals surface area contributed by atoms with E-state index in [2.05, 4.69) is 0 Å². The van der Waals surface area contributed by atoms with Gasteiger partial charge in [0.25, 0.3) is 0 Å². The van der Waals surface area contributed by atoms with Crippen LogP contribution in [0.25, 0.3) is 0 Å². The number of benzene rings is 2. The predicted octanol–water partition coefficient (Wildman–Crippen LogP) is 3.92. The second-order valence-corrected chi connectivity index (χ2v) is 6.03. The second-order valence-electron chi connectivity index (χ2n) is 3.76. The molecule has 0 amide bonds. The summed E-state index contributed by atoms with van der Waals surface area (Å²) in [4.78, 5) is 10.4. The molecule has 0 aliphatic rings. The minimum absolute atomic E-state index is 0.427. The van der Waals surface area contributed by atoms with E-state index < -0.39 is 7.94 Å². The molecule has 0 bridgehead atoms. The van der Waals surface area contributed by atoms with Crippen molar-refractivity contribution in [3.05, 3.63) is 60.7 Å². The van der Waals surface area contributed by atoms with Gasteiger partial charge in [-0.15, -0.1) is 0 Å². The van der Waals surface area contributed by atoms with Crippen LogP contribution < -0.4 is 9.05 Å². The molecule has 0 fully saturated rings. The Labute approximate surface area is 108 Å². The molecule has 0 saturated heterocycles. The molecule has 0 atom stereocenters. The number of para-hydroxylation sites is 2. The smallest absolute Gasteiger partial charge is 0.278 e. The quantitative estimate of drug-likeness (QED) is 0.831. The van der Waals surface area contributed by atoms with Crippen molar-refractivity contribution in [2.24, 2.45) is 0 Å². The summed E-state index contributed by atoms with van der Waals surface area (Å²) >= 11 is 0. The van der Waals surface area contributed by atoms with Crippen LogP contribution in [0.4, 0.5) is 0 Å². The maximum Gasteiger partial charge on any atom is 0.494 e. The van der Waals surface area contributed by atoms with E-state index in [1.54, 1.807) is 24.3 Å². The highest BCUT2D eigenvalue weighted by Crippen LogP contribution is 2.55. The van der Waals surface area contributed by atoms with Gasteiger partial charge in [0.15, 0.2) is 17.7 Å². The molecule has 0 saturated carbocycles. The second kappa shape index (κ2) is 5.85. The third-order valence-corrected chi connectivity index (χ3v) is 4.17. The lowest BCUT2D eigenvalue weighted by molar-refractivity contribution is 0.348. The van der Waals surface area contributed by atoms with Crippen LogP contribution in [0.15, 0.2) is 60.7 Å². The lowest BCUT2D eigenvalue weighted by atomic mass is 10.3. The predicted molar refractivity (Wildman–Crippen MR) is 73.8 cm³/mol. The molecule has 0 radical (unpaired) electrons. The van der Waals surface area contributed by atoms with E-state index in [9.17, 15) is 4.89 Å². The molecule has 0 unspecified atom stereocenters. The first-order valence-corrected chi connectivity index (χ1v) is 7.58. The van der Waals surface area contributed by atoms with Crippen LogP contribution in [0, 0.1) is 0 Å². The first kappa shape index (κ1) is 12.9. The fraction of sp³-hybridized carbons (Fsp3) is 0.143. The Morgan fingerprint density at radius 1 is 0.833 bits per heavy atom. The van der Waals surface area contributed by atoms with Gasteiger partial charge in [-0.3, -0.25) is 9.05 Å². The molecule has 2 aromatic rings. The van der Waals surface area contributed by atoms with Gasteiger partial charge in [-0.1, -0.05) is 36.4 Å². The van der Waals surface area contributed by atoms with Crippen LogP contribution in [0.1, 0.15) is 6.92 Å². The summed E-state index contributed by atoms with van der Waals surface area (Å²) in [5, 5.41) is 0. The lowest BCUT2D eigenvalue weighted by Crippen LogP contribution is -2.10. The van der Waals surface area contributed by atoms with Crippen LogP contribution >= 0.6 is 7.94 Å². The Kier molecular flexibility index (Phi) is 4.19. The summed E-state index contributed by atoms with van der Waals surface area (Å²) in [5.74, 6) is 1.23. The van der Waals surface area contributed by atoms with E-state index in [-0.39, 0.29) is 0 Å². The standard InChI is InChI=1S/C14H16O3P/c1-2-18(15,16-13-9-5-3-6-10-13)17-14-11-7-4-8-12-14/h3-12,15H,2H2,1H3/q+1. The van der Waals surface area contributed by atoms with E-state index >= 15 is 0 Å². The fourth-order valence-corrected chi connectivity index (χ4v) is 2.64. The first-order chi connectivity index (χ1) is 8.72. The molecular weight excluding hydrogens is 247 g/mol. The molecular formula is C14H16O3P+. The van der Waals surface area contributed by atoms with Crippen LogP contribution in [0.5, 0.6) is 11.5 Å². The van der Waals surface area contributed by atoms with Crippen LogP contribution in [-0.4, -0.2) is 11.1 Å². The summed E-state index contributed by atoms with van der Waals surface area (Å²) < 4.78 is 11.2. The van der Waals surface area contributed by atoms with Gasteiger partial charge in [-0.25, -0.2) is 0 Å². The molecule has 18 heavy (non-hydrogen) atoms. The first-order valence-electron chi connectivity index (χ1n) is 5.82. The largest absolute Gasteiger partial charge is 0.494 e. The third-order valence-electron chi connectivity index (χ3n) is 2.38. The number of hydrogen-bond donors (Lipinski definition) is 1. The van der Waals surface area contributed by atoms with Gasteiger partial charge in [0, 0.05) is 0 Å². The number of hydrogen-bond acceptors (Lipinski definition) is 3. The van der Waals surface area contributed by atoms with E-state index in [1.165, 1.54) is 0 Å². The highest BCUT2D eigenvalue weighted by atomic mass is 31.2. The summed E-state index contributed by atoms with van der Waals surface area (Å²) in [7, 11) is -2.89. The van der Waals surface area contributed by atoms with Crippen molar-refractivity contribution in [2.45, 2.75) is 6.92 Å². The Morgan fingerprint density at radius 3 is 1.56 bits per heavy atom. The Hall–Kier alpha value is -1.57. The third kappa shape index (κ3) is 3.46. The average Bonchev–Trinajstić information content (AvgIpc) is 2.41. The SMILES string of the molecule is CC[P+](O)(Oc1ccccc1)Oc1ccccc1. The van der Waals surface area contributed by atoms with E-state index in [0.29, 0.717) is 17.7 Å². The van der Waals surface area contributed by atoms with E-state index in [1.807, 2.05) is 43.3 Å². The maximum atomic E-state index is 10.4. The topological polar surface area (TPSA) is 38.7 Å². The minimum atomic E-state index is -2.89. The summed E-state index contributed by atoms with van der Waals surface area (Å²) in [6.07, 6.45) is 0.427. The van der Waals surface area contributed by atoms with E-state index in [4.69, 9.17) is 9.05 Å². The van der Waals surface area contributed by atoms with Crippen molar-refractivity contribution >= 4 is 7.94 Å².